The molecule has 21 heavy (non-hydrogen) atoms. The van der Waals surface area contributed by atoms with E-state index in [9.17, 15) is 9.59 Å². The highest BCUT2D eigenvalue weighted by molar-refractivity contribution is 5.98. The van der Waals surface area contributed by atoms with Crippen LogP contribution in [0, 0.1) is 0 Å². The number of carbonyl (C=O) groups is 2. The third-order valence-electron chi connectivity index (χ3n) is 3.82. The highest BCUT2D eigenvalue weighted by atomic mass is 16.5. The number of hydrogen-bond donors (Lipinski definition) is 1. The maximum Gasteiger partial charge on any atom is 0.335 e. The van der Waals surface area contributed by atoms with E-state index < -0.39 is 5.97 Å². The monoisotopic (exact) mass is 291 g/mol. The summed E-state index contributed by atoms with van der Waals surface area (Å²) in [5.41, 5.74) is 0.468. The van der Waals surface area contributed by atoms with Gasteiger partial charge >= 0.3 is 5.97 Å². The third kappa shape index (κ3) is 3.35. The fourth-order valence-electron chi connectivity index (χ4n) is 2.79. The Morgan fingerprint density at radius 2 is 2.00 bits per heavy atom. The summed E-state index contributed by atoms with van der Waals surface area (Å²) in [6.07, 6.45) is 2.93. The third-order valence-corrected chi connectivity index (χ3v) is 3.82. The number of carbonyl (C=O) groups excluding carboxylic acids is 1. The summed E-state index contributed by atoms with van der Waals surface area (Å²) in [5, 5.41) is 9.17. The van der Waals surface area contributed by atoms with E-state index in [0.717, 1.165) is 25.8 Å². The molecule has 0 spiro atoms. The number of carboxylic acids is 1. The number of aromatic carboxylic acids is 1. The molecule has 0 aromatic heterocycles. The Kier molecular flexibility index (Phi) is 4.83. The molecule has 2 rings (SSSR count). The summed E-state index contributed by atoms with van der Waals surface area (Å²) in [6.45, 7) is 5.05. The molecule has 0 unspecified atom stereocenters. The van der Waals surface area contributed by atoms with Gasteiger partial charge in [0.25, 0.3) is 5.91 Å². The fraction of sp³-hybridized carbons (Fsp3) is 0.500. The molecule has 0 bridgehead atoms. The molecule has 1 aromatic rings. The Morgan fingerprint density at radius 1 is 1.29 bits per heavy atom. The highest BCUT2D eigenvalue weighted by Crippen LogP contribution is 2.25. The Bertz CT molecular complexity index is 541. The molecule has 1 aromatic carbocycles. The van der Waals surface area contributed by atoms with Gasteiger partial charge in [-0.15, -0.1) is 0 Å². The summed E-state index contributed by atoms with van der Waals surface area (Å²) in [7, 11) is 0. The van der Waals surface area contributed by atoms with Crippen LogP contribution in [0.2, 0.25) is 0 Å². The average Bonchev–Trinajstić information content (AvgIpc) is 2.94. The van der Waals surface area contributed by atoms with Crippen LogP contribution in [0.25, 0.3) is 0 Å². The van der Waals surface area contributed by atoms with E-state index in [-0.39, 0.29) is 17.5 Å². The van der Waals surface area contributed by atoms with Crippen molar-refractivity contribution >= 4 is 11.9 Å². The van der Waals surface area contributed by atoms with Gasteiger partial charge in [0.15, 0.2) is 0 Å². The van der Waals surface area contributed by atoms with Crippen LogP contribution in [0.1, 0.15) is 53.8 Å². The van der Waals surface area contributed by atoms with Gasteiger partial charge in [-0.25, -0.2) is 4.79 Å². The van der Waals surface area contributed by atoms with E-state index >= 15 is 0 Å². The molecule has 0 aliphatic carbocycles. The predicted octanol–water partition coefficient (Wildman–Crippen LogP) is 2.80. The molecular formula is C16H21NO4. The maximum atomic E-state index is 12.6. The number of hydrogen-bond acceptors (Lipinski definition) is 3. The number of ether oxygens (including phenoxy) is 1. The molecule has 0 radical (unpaired) electrons. The standard InChI is InChI=1S/C16H21NO4/c1-3-13-6-5-7-17(13)15(18)11-8-12(16(19)20)10-14(9-11)21-4-2/h8-10,13H,3-7H2,1-2H3,(H,19,20)/t13-/m0/s1. The van der Waals surface area contributed by atoms with Crippen molar-refractivity contribution in [3.8, 4) is 5.75 Å². The Morgan fingerprint density at radius 3 is 2.62 bits per heavy atom. The SMILES string of the molecule is CCOc1cc(C(=O)O)cc(C(=O)N2CCC[C@@H]2CC)c1. The van der Waals surface area contributed by atoms with Gasteiger partial charge in [0.05, 0.1) is 12.2 Å². The van der Waals surface area contributed by atoms with E-state index in [1.807, 2.05) is 11.8 Å². The minimum Gasteiger partial charge on any atom is -0.494 e. The minimum absolute atomic E-state index is 0.0801. The van der Waals surface area contributed by atoms with Crippen molar-refractivity contribution in [2.45, 2.75) is 39.2 Å². The van der Waals surface area contributed by atoms with Gasteiger partial charge in [-0.1, -0.05) is 6.92 Å². The second-order valence-electron chi connectivity index (χ2n) is 5.19. The van der Waals surface area contributed by atoms with Crippen molar-refractivity contribution in [1.29, 1.82) is 0 Å². The molecular weight excluding hydrogens is 270 g/mol. The zero-order valence-electron chi connectivity index (χ0n) is 12.5. The zero-order chi connectivity index (χ0) is 15.4. The Balaban J connectivity index is 2.33. The van der Waals surface area contributed by atoms with Gasteiger partial charge in [0, 0.05) is 18.2 Å². The quantitative estimate of drug-likeness (QED) is 0.906. The first-order chi connectivity index (χ1) is 10.1. The number of nitrogens with zero attached hydrogens (tertiary/aromatic N) is 1. The lowest BCUT2D eigenvalue weighted by atomic mass is 10.1. The molecule has 1 aliphatic rings. The second kappa shape index (κ2) is 6.61. The first-order valence-electron chi connectivity index (χ1n) is 7.39. The van der Waals surface area contributed by atoms with Crippen molar-refractivity contribution in [3.63, 3.8) is 0 Å². The molecule has 114 valence electrons. The summed E-state index contributed by atoms with van der Waals surface area (Å²) in [6, 6.07) is 4.76. The smallest absolute Gasteiger partial charge is 0.335 e. The van der Waals surface area contributed by atoms with Gasteiger partial charge in [-0.05, 0) is 44.4 Å². The predicted molar refractivity (Wildman–Crippen MR) is 78.9 cm³/mol. The van der Waals surface area contributed by atoms with Gasteiger partial charge < -0.3 is 14.7 Å². The van der Waals surface area contributed by atoms with Gasteiger partial charge in [-0.2, -0.15) is 0 Å². The molecule has 5 nitrogen and oxygen atoms in total. The van der Waals surface area contributed by atoms with Crippen molar-refractivity contribution < 1.29 is 19.4 Å². The van der Waals surface area contributed by atoms with Crippen LogP contribution in [0.3, 0.4) is 0 Å². The van der Waals surface area contributed by atoms with Gasteiger partial charge in [0.1, 0.15) is 5.75 Å². The zero-order valence-corrected chi connectivity index (χ0v) is 12.5. The van der Waals surface area contributed by atoms with E-state index in [4.69, 9.17) is 9.84 Å². The average molecular weight is 291 g/mol. The van der Waals surface area contributed by atoms with Crippen molar-refractivity contribution in [3.05, 3.63) is 29.3 Å². The molecule has 1 fully saturated rings. The molecule has 1 heterocycles. The second-order valence-corrected chi connectivity index (χ2v) is 5.19. The number of likely N-dealkylation sites (tertiary alicyclic amines) is 1. The summed E-state index contributed by atoms with van der Waals surface area (Å²) >= 11 is 0. The lowest BCUT2D eigenvalue weighted by Gasteiger charge is -2.24. The van der Waals surface area contributed by atoms with E-state index in [1.54, 1.807) is 6.07 Å². The van der Waals surface area contributed by atoms with Crippen LogP contribution in [0.4, 0.5) is 0 Å². The topological polar surface area (TPSA) is 66.8 Å². The first kappa shape index (κ1) is 15.4. The molecule has 1 aliphatic heterocycles. The number of carboxylic acid groups (broad SMARTS) is 1. The highest BCUT2D eigenvalue weighted by Gasteiger charge is 2.28. The van der Waals surface area contributed by atoms with E-state index in [0.29, 0.717) is 17.9 Å². The fourth-order valence-corrected chi connectivity index (χ4v) is 2.79. The van der Waals surface area contributed by atoms with Crippen molar-refractivity contribution in [1.82, 2.24) is 4.90 Å². The molecule has 0 saturated carbocycles. The lowest BCUT2D eigenvalue weighted by Crippen LogP contribution is -2.35. The van der Waals surface area contributed by atoms with Crippen LogP contribution < -0.4 is 4.74 Å². The van der Waals surface area contributed by atoms with Crippen LogP contribution in [0.15, 0.2) is 18.2 Å². The van der Waals surface area contributed by atoms with Gasteiger partial charge in [-0.3, -0.25) is 4.79 Å². The molecule has 1 saturated heterocycles. The van der Waals surface area contributed by atoms with Crippen LogP contribution in [-0.2, 0) is 0 Å². The van der Waals surface area contributed by atoms with E-state index in [2.05, 4.69) is 6.92 Å². The van der Waals surface area contributed by atoms with Crippen molar-refractivity contribution in [2.75, 3.05) is 13.2 Å². The van der Waals surface area contributed by atoms with E-state index in [1.165, 1.54) is 12.1 Å². The molecule has 1 amide bonds. The van der Waals surface area contributed by atoms with Crippen LogP contribution in [-0.4, -0.2) is 41.1 Å². The maximum absolute atomic E-state index is 12.6. The molecule has 5 heteroatoms. The molecule has 1 atom stereocenters. The lowest BCUT2D eigenvalue weighted by molar-refractivity contribution is 0.0696. The largest absolute Gasteiger partial charge is 0.494 e. The summed E-state index contributed by atoms with van der Waals surface area (Å²) in [4.78, 5) is 25.7. The number of amides is 1. The Labute approximate surface area is 124 Å². The van der Waals surface area contributed by atoms with Gasteiger partial charge in [0.2, 0.25) is 0 Å². The number of benzene rings is 1. The molecule has 1 N–H and O–H groups in total. The minimum atomic E-state index is -1.06. The first-order valence-corrected chi connectivity index (χ1v) is 7.39. The van der Waals surface area contributed by atoms with Crippen molar-refractivity contribution in [2.24, 2.45) is 0 Å². The summed E-state index contributed by atoms with van der Waals surface area (Å²) in [5.74, 6) is -0.740. The summed E-state index contributed by atoms with van der Waals surface area (Å²) < 4.78 is 5.37. The number of rotatable bonds is 5. The normalized spacial score (nSPS) is 17.8. The van der Waals surface area contributed by atoms with Crippen LogP contribution in [0.5, 0.6) is 5.75 Å². The van der Waals surface area contributed by atoms with Crippen LogP contribution >= 0.6 is 0 Å². The Hall–Kier alpha value is -2.04.